The minimum Gasteiger partial charge on any atom is -0.348 e. The largest absolute Gasteiger partial charge is 0.417 e. The van der Waals surface area contributed by atoms with Crippen LogP contribution in [0.4, 0.5) is 30.7 Å². The lowest BCUT2D eigenvalue weighted by Gasteiger charge is -2.19. The molecule has 0 fully saturated rings. The Kier molecular flexibility index (Phi) is 9.37. The summed E-state index contributed by atoms with van der Waals surface area (Å²) >= 11 is 17.3. The van der Waals surface area contributed by atoms with Crippen LogP contribution in [0.1, 0.15) is 53.7 Å². The van der Waals surface area contributed by atoms with Crippen LogP contribution in [0, 0.1) is 5.41 Å². The molecule has 2 aromatic carbocycles. The maximum Gasteiger partial charge on any atom is 0.417 e. The SMILES string of the molecule is CC(C)(C)C(=O)NCC(=O)c1ccc(/C(F)=C/C(c2cc(Cl)c(Cl)c(Cl)c2)C(F)(F)F)cc1C(F)(F)F. The van der Waals surface area contributed by atoms with E-state index in [0.29, 0.717) is 6.07 Å². The van der Waals surface area contributed by atoms with Crippen molar-refractivity contribution in [3.63, 3.8) is 0 Å². The summed E-state index contributed by atoms with van der Waals surface area (Å²) in [5, 5.41) is 1.30. The van der Waals surface area contributed by atoms with Crippen molar-refractivity contribution < 1.29 is 40.3 Å². The fraction of sp³-hybridized carbons (Fsp3) is 0.333. The van der Waals surface area contributed by atoms with Crippen LogP contribution >= 0.6 is 34.8 Å². The molecule has 0 heterocycles. The van der Waals surface area contributed by atoms with Gasteiger partial charge in [0.2, 0.25) is 5.91 Å². The Labute approximate surface area is 222 Å². The van der Waals surface area contributed by atoms with Gasteiger partial charge in [0.25, 0.3) is 0 Å². The lowest BCUT2D eigenvalue weighted by atomic mass is 9.94. The maximum absolute atomic E-state index is 14.9. The van der Waals surface area contributed by atoms with E-state index in [1.165, 1.54) is 20.8 Å². The molecule has 2 aromatic rings. The summed E-state index contributed by atoms with van der Waals surface area (Å²) in [6.07, 6.45) is -10.2. The van der Waals surface area contributed by atoms with Crippen molar-refractivity contribution in [2.75, 3.05) is 6.54 Å². The topological polar surface area (TPSA) is 46.2 Å². The van der Waals surface area contributed by atoms with Crippen molar-refractivity contribution in [3.8, 4) is 0 Å². The van der Waals surface area contributed by atoms with Crippen LogP contribution < -0.4 is 5.32 Å². The van der Waals surface area contributed by atoms with Crippen LogP contribution in [0.3, 0.4) is 0 Å². The maximum atomic E-state index is 14.9. The van der Waals surface area contributed by atoms with E-state index < -0.39 is 70.0 Å². The first-order valence-corrected chi connectivity index (χ1v) is 11.5. The van der Waals surface area contributed by atoms with E-state index in [1.54, 1.807) is 0 Å². The molecule has 0 aliphatic heterocycles. The number of hydrogen-bond donors (Lipinski definition) is 1. The van der Waals surface area contributed by atoms with Gasteiger partial charge in [0.15, 0.2) is 5.78 Å². The van der Waals surface area contributed by atoms with E-state index in [2.05, 4.69) is 5.32 Å². The van der Waals surface area contributed by atoms with Gasteiger partial charge in [0, 0.05) is 16.5 Å². The van der Waals surface area contributed by atoms with Crippen molar-refractivity contribution in [2.45, 2.75) is 39.0 Å². The summed E-state index contributed by atoms with van der Waals surface area (Å²) in [6, 6.07) is 3.21. The molecule has 1 amide bonds. The zero-order valence-electron chi connectivity index (χ0n) is 19.3. The minimum atomic E-state index is -5.16. The summed E-state index contributed by atoms with van der Waals surface area (Å²) in [4.78, 5) is 24.3. The molecule has 1 unspecified atom stereocenters. The van der Waals surface area contributed by atoms with Gasteiger partial charge in [0.05, 0.1) is 27.2 Å². The second-order valence-corrected chi connectivity index (χ2v) is 10.1. The summed E-state index contributed by atoms with van der Waals surface area (Å²) in [5.41, 5.74) is -4.84. The fourth-order valence-electron chi connectivity index (χ4n) is 3.07. The Bertz CT molecular complexity index is 1210. The van der Waals surface area contributed by atoms with Gasteiger partial charge < -0.3 is 5.32 Å². The molecule has 2 rings (SSSR count). The van der Waals surface area contributed by atoms with E-state index in [1.807, 2.05) is 0 Å². The molecular formula is C24H19Cl3F7NO2. The van der Waals surface area contributed by atoms with E-state index in [9.17, 15) is 40.3 Å². The monoisotopic (exact) mass is 591 g/mol. The van der Waals surface area contributed by atoms with Gasteiger partial charge in [-0.05, 0) is 29.8 Å². The standard InChI is InChI=1S/C24H19Cl3F7NO2/c1-22(2,3)21(37)35-10-19(36)13-5-4-11(6-15(13)24(32,33)34)18(28)9-14(23(29,30)31)12-7-16(25)20(27)17(26)8-12/h4-9,14H,10H2,1-3H3,(H,35,37)/b18-9-. The quantitative estimate of drug-likeness (QED) is 0.207. The molecule has 1 atom stereocenters. The molecule has 0 aliphatic rings. The minimum absolute atomic E-state index is 0.0659. The van der Waals surface area contributed by atoms with E-state index >= 15 is 0 Å². The Morgan fingerprint density at radius 2 is 1.49 bits per heavy atom. The highest BCUT2D eigenvalue weighted by Crippen LogP contribution is 2.42. The molecule has 0 aromatic heterocycles. The van der Waals surface area contributed by atoms with Crippen LogP contribution in [0.15, 0.2) is 36.4 Å². The van der Waals surface area contributed by atoms with Crippen LogP contribution in [0.5, 0.6) is 0 Å². The number of nitrogens with one attached hydrogen (secondary N) is 1. The van der Waals surface area contributed by atoms with Crippen LogP contribution in [0.25, 0.3) is 5.83 Å². The number of carbonyl (C=O) groups is 2. The number of rotatable bonds is 6. The summed E-state index contributed by atoms with van der Waals surface area (Å²) in [5.74, 6) is -6.00. The molecular weight excluding hydrogens is 574 g/mol. The molecule has 202 valence electrons. The highest BCUT2D eigenvalue weighted by molar-refractivity contribution is 6.48. The highest BCUT2D eigenvalue weighted by Gasteiger charge is 2.41. The average molecular weight is 593 g/mol. The normalized spacial score (nSPS) is 13.9. The molecule has 0 aliphatic carbocycles. The molecule has 3 nitrogen and oxygen atoms in total. The molecule has 0 saturated heterocycles. The lowest BCUT2D eigenvalue weighted by Crippen LogP contribution is -2.38. The molecule has 13 heteroatoms. The van der Waals surface area contributed by atoms with Crippen molar-refractivity contribution in [3.05, 3.63) is 73.7 Å². The summed E-state index contributed by atoms with van der Waals surface area (Å²) < 4.78 is 97.2. The Morgan fingerprint density at radius 3 is 1.95 bits per heavy atom. The van der Waals surface area contributed by atoms with Gasteiger partial charge in [-0.1, -0.05) is 67.7 Å². The Morgan fingerprint density at radius 1 is 0.946 bits per heavy atom. The number of carbonyl (C=O) groups excluding carboxylic acids is 2. The predicted octanol–water partition coefficient (Wildman–Crippen LogP) is 8.67. The molecule has 37 heavy (non-hydrogen) atoms. The van der Waals surface area contributed by atoms with Crippen molar-refractivity contribution in [2.24, 2.45) is 5.41 Å². The zero-order valence-corrected chi connectivity index (χ0v) is 21.6. The van der Waals surface area contributed by atoms with Gasteiger partial charge in [-0.15, -0.1) is 0 Å². The molecule has 0 spiro atoms. The van der Waals surface area contributed by atoms with Gasteiger partial charge in [-0.2, -0.15) is 26.3 Å². The summed E-state index contributed by atoms with van der Waals surface area (Å²) in [6.45, 7) is 3.80. The second kappa shape index (κ2) is 11.2. The fourth-order valence-corrected chi connectivity index (χ4v) is 3.68. The average Bonchev–Trinajstić information content (AvgIpc) is 2.76. The number of allylic oxidation sites excluding steroid dienone is 1. The third-order valence-corrected chi connectivity index (χ3v) is 6.22. The Balaban J connectivity index is 2.51. The lowest BCUT2D eigenvalue weighted by molar-refractivity contribution is -0.140. The number of hydrogen-bond acceptors (Lipinski definition) is 2. The van der Waals surface area contributed by atoms with Gasteiger partial charge >= 0.3 is 12.4 Å². The number of benzene rings is 2. The van der Waals surface area contributed by atoms with Gasteiger partial charge in [-0.3, -0.25) is 9.59 Å². The first-order chi connectivity index (χ1) is 16.7. The smallest absolute Gasteiger partial charge is 0.348 e. The molecule has 0 bridgehead atoms. The van der Waals surface area contributed by atoms with Gasteiger partial charge in [-0.25, -0.2) is 4.39 Å². The van der Waals surface area contributed by atoms with E-state index in [4.69, 9.17) is 34.8 Å². The van der Waals surface area contributed by atoms with Crippen LogP contribution in [0.2, 0.25) is 15.1 Å². The number of halogens is 10. The van der Waals surface area contributed by atoms with E-state index in [0.717, 1.165) is 18.2 Å². The van der Waals surface area contributed by atoms with Crippen molar-refractivity contribution in [1.82, 2.24) is 5.32 Å². The predicted molar refractivity (Wildman–Crippen MR) is 128 cm³/mol. The number of amides is 1. The van der Waals surface area contributed by atoms with Crippen molar-refractivity contribution in [1.29, 1.82) is 0 Å². The molecule has 0 saturated carbocycles. The number of Topliss-reactive ketones (excluding diaryl/α,β-unsaturated/α-hetero) is 1. The van der Waals surface area contributed by atoms with Crippen molar-refractivity contribution >= 4 is 52.3 Å². The second-order valence-electron chi connectivity index (χ2n) is 8.95. The third-order valence-electron chi connectivity index (χ3n) is 5.02. The number of ketones is 1. The first kappa shape index (κ1) is 30.9. The van der Waals surface area contributed by atoms with E-state index in [-0.39, 0.29) is 27.2 Å². The Hall–Kier alpha value is -2.30. The molecule has 1 N–H and O–H groups in total. The number of alkyl halides is 6. The zero-order chi connectivity index (χ0) is 28.5. The van der Waals surface area contributed by atoms with Crippen LogP contribution in [-0.4, -0.2) is 24.4 Å². The molecule has 0 radical (unpaired) electrons. The first-order valence-electron chi connectivity index (χ1n) is 10.3. The third kappa shape index (κ3) is 7.85. The summed E-state index contributed by atoms with van der Waals surface area (Å²) in [7, 11) is 0. The van der Waals surface area contributed by atoms with Gasteiger partial charge in [0.1, 0.15) is 11.7 Å². The van der Waals surface area contributed by atoms with Crippen LogP contribution in [-0.2, 0) is 11.0 Å². The highest BCUT2D eigenvalue weighted by atomic mass is 35.5.